The Labute approximate surface area is 120 Å². The number of nitro benzene ring substituents is 1. The second-order valence-corrected chi connectivity index (χ2v) is 5.88. The lowest BCUT2D eigenvalue weighted by molar-refractivity contribution is -0.383. The molecule has 0 unspecified atom stereocenters. The third-order valence-electron chi connectivity index (χ3n) is 2.99. The van der Waals surface area contributed by atoms with E-state index in [-0.39, 0.29) is 22.1 Å². The van der Waals surface area contributed by atoms with Crippen LogP contribution in [0.3, 0.4) is 0 Å². The first-order valence-corrected chi connectivity index (χ1v) is 7.38. The van der Waals surface area contributed by atoms with E-state index in [0.29, 0.717) is 5.56 Å². The largest absolute Gasteiger partial charge is 0.333 e. The van der Waals surface area contributed by atoms with Gasteiger partial charge in [0.1, 0.15) is 10.6 Å². The van der Waals surface area contributed by atoms with Gasteiger partial charge in [0.25, 0.3) is 15.7 Å². The Balaban J connectivity index is 2.07. The van der Waals surface area contributed by atoms with Gasteiger partial charge in [0.2, 0.25) is 0 Å². The Hall–Kier alpha value is -2.74. The van der Waals surface area contributed by atoms with E-state index in [2.05, 4.69) is 9.71 Å². The van der Waals surface area contributed by atoms with E-state index >= 15 is 0 Å². The Morgan fingerprint density at radius 2 is 1.71 bits per heavy atom. The molecule has 2 aromatic carbocycles. The molecule has 3 rings (SSSR count). The molecule has 1 aliphatic rings. The lowest BCUT2D eigenvalue weighted by atomic mass is 10.2. The van der Waals surface area contributed by atoms with Crippen molar-refractivity contribution in [2.45, 2.75) is 4.90 Å². The van der Waals surface area contributed by atoms with E-state index in [9.17, 15) is 18.5 Å². The van der Waals surface area contributed by atoms with Gasteiger partial charge in [0.05, 0.1) is 4.92 Å². The van der Waals surface area contributed by atoms with Crippen LogP contribution in [0.5, 0.6) is 0 Å². The van der Waals surface area contributed by atoms with Gasteiger partial charge >= 0.3 is 0 Å². The highest BCUT2D eigenvalue weighted by Gasteiger charge is 2.29. The number of benzene rings is 2. The van der Waals surface area contributed by atoms with Crippen molar-refractivity contribution in [2.24, 2.45) is 4.40 Å². The minimum Gasteiger partial charge on any atom is -0.333 e. The Morgan fingerprint density at radius 3 is 2.48 bits per heavy atom. The third kappa shape index (κ3) is 2.25. The first kappa shape index (κ1) is 13.3. The summed E-state index contributed by atoms with van der Waals surface area (Å²) < 4.78 is 27.5. The summed E-state index contributed by atoms with van der Waals surface area (Å²) in [5.74, 6) is 0.0832. The summed E-state index contributed by atoms with van der Waals surface area (Å²) in [5, 5.41) is 13.7. The molecule has 1 N–H and O–H groups in total. The first-order valence-electron chi connectivity index (χ1n) is 5.94. The van der Waals surface area contributed by atoms with E-state index in [4.69, 9.17) is 0 Å². The molecule has 0 bridgehead atoms. The van der Waals surface area contributed by atoms with Gasteiger partial charge in [-0.05, 0) is 18.2 Å². The van der Waals surface area contributed by atoms with Gasteiger partial charge in [-0.15, -0.1) is 4.40 Å². The van der Waals surface area contributed by atoms with E-state index in [1.807, 2.05) is 0 Å². The van der Waals surface area contributed by atoms with Crippen LogP contribution in [0.1, 0.15) is 5.56 Å². The van der Waals surface area contributed by atoms with Crippen LogP contribution in [-0.4, -0.2) is 19.2 Å². The number of hydrogen-bond acceptors (Lipinski definition) is 5. The SMILES string of the molecule is O=[N+]([O-])c1ccccc1NC1=NS(=O)(=O)c2ccccc21. The van der Waals surface area contributed by atoms with Gasteiger partial charge in [-0.2, -0.15) is 8.42 Å². The fraction of sp³-hybridized carbons (Fsp3) is 0. The lowest BCUT2D eigenvalue weighted by Gasteiger charge is -2.06. The summed E-state index contributed by atoms with van der Waals surface area (Å²) in [4.78, 5) is 10.5. The minimum atomic E-state index is -3.75. The minimum absolute atomic E-state index is 0.0832. The molecule has 0 aliphatic carbocycles. The van der Waals surface area contributed by atoms with Crippen LogP contribution in [0.15, 0.2) is 57.8 Å². The summed E-state index contributed by atoms with van der Waals surface area (Å²) in [6, 6.07) is 12.3. The molecule has 0 spiro atoms. The van der Waals surface area contributed by atoms with Crippen molar-refractivity contribution in [1.82, 2.24) is 0 Å². The number of para-hydroxylation sites is 2. The van der Waals surface area contributed by atoms with Gasteiger partial charge < -0.3 is 5.32 Å². The predicted octanol–water partition coefficient (Wildman–Crippen LogP) is 2.16. The van der Waals surface area contributed by atoms with Gasteiger partial charge in [-0.3, -0.25) is 10.1 Å². The molecule has 0 radical (unpaired) electrons. The molecular formula is C13H9N3O4S. The van der Waals surface area contributed by atoms with Crippen LogP contribution in [0.2, 0.25) is 0 Å². The highest BCUT2D eigenvalue weighted by molar-refractivity contribution is 7.90. The molecule has 0 saturated heterocycles. The number of amidine groups is 1. The van der Waals surface area contributed by atoms with Crippen molar-refractivity contribution in [3.63, 3.8) is 0 Å². The summed E-state index contributed by atoms with van der Waals surface area (Å²) in [6.07, 6.45) is 0. The average molecular weight is 303 g/mol. The van der Waals surface area contributed by atoms with Crippen LogP contribution in [0, 0.1) is 10.1 Å². The quantitative estimate of drug-likeness (QED) is 0.676. The average Bonchev–Trinajstić information content (AvgIpc) is 2.71. The van der Waals surface area contributed by atoms with E-state index in [0.717, 1.165) is 0 Å². The first-order chi connectivity index (χ1) is 9.99. The molecule has 0 fully saturated rings. The Kier molecular flexibility index (Phi) is 2.95. The van der Waals surface area contributed by atoms with Gasteiger partial charge in [0, 0.05) is 11.6 Å². The summed E-state index contributed by atoms with van der Waals surface area (Å²) >= 11 is 0. The van der Waals surface area contributed by atoms with Crippen molar-refractivity contribution in [2.75, 3.05) is 5.32 Å². The molecule has 0 saturated carbocycles. The molecule has 21 heavy (non-hydrogen) atoms. The smallest absolute Gasteiger partial charge is 0.292 e. The molecule has 8 heteroatoms. The predicted molar refractivity (Wildman–Crippen MR) is 76.9 cm³/mol. The van der Waals surface area contributed by atoms with Crippen LogP contribution in [0.4, 0.5) is 11.4 Å². The second kappa shape index (κ2) is 4.67. The summed E-state index contributed by atoms with van der Waals surface area (Å²) in [5.41, 5.74) is 0.436. The lowest BCUT2D eigenvalue weighted by Crippen LogP contribution is -2.12. The maximum Gasteiger partial charge on any atom is 0.292 e. The molecular weight excluding hydrogens is 294 g/mol. The maximum atomic E-state index is 11.9. The van der Waals surface area contributed by atoms with E-state index in [1.165, 1.54) is 24.3 Å². The third-order valence-corrected chi connectivity index (χ3v) is 4.32. The fourth-order valence-corrected chi connectivity index (χ4v) is 3.24. The highest BCUT2D eigenvalue weighted by Crippen LogP contribution is 2.29. The number of anilines is 1. The standard InChI is InChI=1S/C13H9N3O4S/c17-16(18)11-7-3-2-6-10(11)14-13-9-5-1-4-8-12(9)21(19,20)15-13/h1-8H,(H,14,15). The number of nitrogens with one attached hydrogen (secondary N) is 1. The van der Waals surface area contributed by atoms with Crippen molar-refractivity contribution < 1.29 is 13.3 Å². The molecule has 1 heterocycles. The Morgan fingerprint density at radius 1 is 1.05 bits per heavy atom. The summed E-state index contributed by atoms with van der Waals surface area (Å²) in [6.45, 7) is 0. The zero-order valence-electron chi connectivity index (χ0n) is 10.6. The van der Waals surface area contributed by atoms with E-state index in [1.54, 1.807) is 24.3 Å². The van der Waals surface area contributed by atoms with Gasteiger partial charge in [-0.1, -0.05) is 24.3 Å². The second-order valence-electron chi connectivity index (χ2n) is 4.31. The Bertz CT molecular complexity index is 874. The molecule has 0 amide bonds. The van der Waals surface area contributed by atoms with Crippen molar-refractivity contribution in [3.05, 3.63) is 64.2 Å². The molecule has 0 aromatic heterocycles. The topological polar surface area (TPSA) is 102 Å². The fourth-order valence-electron chi connectivity index (χ4n) is 2.06. The van der Waals surface area contributed by atoms with Gasteiger partial charge in [-0.25, -0.2) is 0 Å². The highest BCUT2D eigenvalue weighted by atomic mass is 32.2. The van der Waals surface area contributed by atoms with Crippen molar-refractivity contribution in [3.8, 4) is 0 Å². The number of nitro groups is 1. The molecule has 2 aromatic rings. The molecule has 0 atom stereocenters. The number of sulfonamides is 1. The number of rotatable bonds is 2. The zero-order chi connectivity index (χ0) is 15.0. The van der Waals surface area contributed by atoms with Gasteiger partial charge in [0.15, 0.2) is 5.84 Å². The number of fused-ring (bicyclic) bond motifs is 1. The number of hydrogen-bond donors (Lipinski definition) is 1. The monoisotopic (exact) mass is 303 g/mol. The van der Waals surface area contributed by atoms with Crippen LogP contribution < -0.4 is 5.32 Å². The zero-order valence-corrected chi connectivity index (χ0v) is 11.4. The van der Waals surface area contributed by atoms with Crippen molar-refractivity contribution >= 4 is 27.2 Å². The molecule has 1 aliphatic heterocycles. The van der Waals surface area contributed by atoms with Crippen molar-refractivity contribution in [1.29, 1.82) is 0 Å². The summed E-state index contributed by atoms with van der Waals surface area (Å²) in [7, 11) is -3.75. The molecule has 7 nitrogen and oxygen atoms in total. The molecule has 106 valence electrons. The van der Waals surface area contributed by atoms with E-state index < -0.39 is 14.9 Å². The van der Waals surface area contributed by atoms with Crippen LogP contribution >= 0.6 is 0 Å². The number of nitrogens with zero attached hydrogens (tertiary/aromatic N) is 2. The normalized spacial score (nSPS) is 15.1. The van der Waals surface area contributed by atoms with Crippen LogP contribution in [-0.2, 0) is 10.0 Å². The van der Waals surface area contributed by atoms with Crippen LogP contribution in [0.25, 0.3) is 0 Å². The maximum absolute atomic E-state index is 11.9.